The summed E-state index contributed by atoms with van der Waals surface area (Å²) in [5.41, 5.74) is 3.51. The molecule has 4 rings (SSSR count). The number of rotatable bonds is 8. The molecule has 1 atom stereocenters. The lowest BCUT2D eigenvalue weighted by atomic mass is 10.1. The number of benzene rings is 4. The zero-order valence-electron chi connectivity index (χ0n) is 19.6. The molecule has 0 heterocycles. The smallest absolute Gasteiger partial charge is 0.343 e. The molecular weight excluding hydrogens is 524 g/mol. The average Bonchev–Trinajstić information content (AvgIpc) is 2.89. The number of esters is 1. The summed E-state index contributed by atoms with van der Waals surface area (Å²) >= 11 is 3.34. The van der Waals surface area contributed by atoms with E-state index in [9.17, 15) is 9.59 Å². The molecule has 0 aliphatic rings. The van der Waals surface area contributed by atoms with Gasteiger partial charge in [0.15, 0.2) is 17.6 Å². The summed E-state index contributed by atoms with van der Waals surface area (Å²) in [4.78, 5) is 24.9. The van der Waals surface area contributed by atoms with Crippen molar-refractivity contribution in [2.75, 3.05) is 7.11 Å². The molecule has 0 spiro atoms. The van der Waals surface area contributed by atoms with E-state index in [0.29, 0.717) is 22.6 Å². The number of hydrazone groups is 1. The van der Waals surface area contributed by atoms with E-state index < -0.39 is 18.0 Å². The van der Waals surface area contributed by atoms with Crippen molar-refractivity contribution in [3.8, 4) is 17.2 Å². The highest BCUT2D eigenvalue weighted by molar-refractivity contribution is 9.10. The van der Waals surface area contributed by atoms with E-state index in [4.69, 9.17) is 14.2 Å². The molecule has 0 fully saturated rings. The lowest BCUT2D eigenvalue weighted by Gasteiger charge is -2.13. The summed E-state index contributed by atoms with van der Waals surface area (Å²) in [6, 6.07) is 25.4. The molecule has 1 unspecified atom stereocenters. The van der Waals surface area contributed by atoms with Crippen molar-refractivity contribution < 1.29 is 23.8 Å². The Morgan fingerprint density at radius 3 is 2.50 bits per heavy atom. The second-order valence-electron chi connectivity index (χ2n) is 7.81. The Morgan fingerprint density at radius 1 is 0.917 bits per heavy atom. The summed E-state index contributed by atoms with van der Waals surface area (Å²) < 4.78 is 17.4. The van der Waals surface area contributed by atoms with Crippen molar-refractivity contribution in [1.29, 1.82) is 0 Å². The van der Waals surface area contributed by atoms with Gasteiger partial charge in [-0.2, -0.15) is 5.10 Å². The molecule has 0 aliphatic heterocycles. The Morgan fingerprint density at radius 2 is 1.72 bits per heavy atom. The largest absolute Gasteiger partial charge is 0.493 e. The molecule has 36 heavy (non-hydrogen) atoms. The van der Waals surface area contributed by atoms with Gasteiger partial charge in [-0.25, -0.2) is 10.2 Å². The molecule has 7 nitrogen and oxygen atoms in total. The van der Waals surface area contributed by atoms with Crippen molar-refractivity contribution in [1.82, 2.24) is 5.43 Å². The fourth-order valence-electron chi connectivity index (χ4n) is 3.38. The maximum absolute atomic E-state index is 12.4. The van der Waals surface area contributed by atoms with Crippen LogP contribution in [-0.2, 0) is 4.79 Å². The normalized spacial score (nSPS) is 11.8. The van der Waals surface area contributed by atoms with Crippen LogP contribution in [0.25, 0.3) is 10.8 Å². The third-order valence-corrected chi connectivity index (χ3v) is 5.74. The number of ether oxygens (including phenoxy) is 3. The zero-order valence-corrected chi connectivity index (χ0v) is 21.2. The standard InChI is InChI=1S/C28H23BrN2O5/c1-18(35-24-12-11-20-6-3-4-7-21(20)16-24)27(32)31-30-17-19-10-13-25(26(14-19)34-2)36-28(33)22-8-5-9-23(29)15-22/h3-18H,1-2H3,(H,31,32). The number of halogens is 1. The monoisotopic (exact) mass is 546 g/mol. The Hall–Kier alpha value is -4.17. The highest BCUT2D eigenvalue weighted by atomic mass is 79.9. The second kappa shape index (κ2) is 11.5. The van der Waals surface area contributed by atoms with E-state index in [1.165, 1.54) is 13.3 Å². The highest BCUT2D eigenvalue weighted by Gasteiger charge is 2.15. The first kappa shape index (κ1) is 24.9. The van der Waals surface area contributed by atoms with E-state index in [-0.39, 0.29) is 5.75 Å². The fraction of sp³-hybridized carbons (Fsp3) is 0.107. The van der Waals surface area contributed by atoms with Gasteiger partial charge in [-0.05, 0) is 71.8 Å². The number of amides is 1. The lowest BCUT2D eigenvalue weighted by molar-refractivity contribution is -0.127. The molecule has 0 saturated heterocycles. The lowest BCUT2D eigenvalue weighted by Crippen LogP contribution is -2.33. The molecule has 182 valence electrons. The van der Waals surface area contributed by atoms with Crippen molar-refractivity contribution in [3.05, 3.63) is 101 Å². The Balaban J connectivity index is 1.35. The van der Waals surface area contributed by atoms with Crippen LogP contribution in [0.1, 0.15) is 22.8 Å². The first-order chi connectivity index (χ1) is 17.4. The number of nitrogens with one attached hydrogen (secondary N) is 1. The molecule has 0 radical (unpaired) electrons. The highest BCUT2D eigenvalue weighted by Crippen LogP contribution is 2.28. The van der Waals surface area contributed by atoms with Gasteiger partial charge in [-0.15, -0.1) is 0 Å². The molecule has 4 aromatic carbocycles. The first-order valence-corrected chi connectivity index (χ1v) is 11.9. The van der Waals surface area contributed by atoms with Crippen LogP contribution in [-0.4, -0.2) is 31.3 Å². The Bertz CT molecular complexity index is 1440. The van der Waals surface area contributed by atoms with Crippen LogP contribution in [0, 0.1) is 0 Å². The maximum atomic E-state index is 12.4. The second-order valence-corrected chi connectivity index (χ2v) is 8.73. The molecular formula is C28H23BrN2O5. The van der Waals surface area contributed by atoms with Gasteiger partial charge in [0.1, 0.15) is 5.75 Å². The topological polar surface area (TPSA) is 86.2 Å². The number of methoxy groups -OCH3 is 1. The summed E-state index contributed by atoms with van der Waals surface area (Å²) in [5, 5.41) is 6.13. The molecule has 0 aromatic heterocycles. The number of carbonyl (C=O) groups is 2. The summed E-state index contributed by atoms with van der Waals surface area (Å²) in [5.74, 6) is 0.301. The molecule has 4 aromatic rings. The third kappa shape index (κ3) is 6.28. The Labute approximate surface area is 216 Å². The minimum Gasteiger partial charge on any atom is -0.493 e. The summed E-state index contributed by atoms with van der Waals surface area (Å²) in [6.07, 6.45) is 0.709. The van der Waals surface area contributed by atoms with Gasteiger partial charge in [-0.1, -0.05) is 52.3 Å². The predicted octanol–water partition coefficient (Wildman–Crippen LogP) is 5.75. The van der Waals surface area contributed by atoms with Crippen LogP contribution in [0.2, 0.25) is 0 Å². The third-order valence-electron chi connectivity index (χ3n) is 5.24. The number of hydrogen-bond acceptors (Lipinski definition) is 6. The van der Waals surface area contributed by atoms with Crippen molar-refractivity contribution in [3.63, 3.8) is 0 Å². The van der Waals surface area contributed by atoms with Crippen LogP contribution < -0.4 is 19.6 Å². The van der Waals surface area contributed by atoms with E-state index in [1.54, 1.807) is 43.3 Å². The van der Waals surface area contributed by atoms with Crippen LogP contribution in [0.5, 0.6) is 17.2 Å². The molecule has 0 bridgehead atoms. The van der Waals surface area contributed by atoms with E-state index in [2.05, 4.69) is 26.5 Å². The first-order valence-electron chi connectivity index (χ1n) is 11.1. The number of nitrogens with zero attached hydrogens (tertiary/aromatic N) is 1. The molecule has 0 saturated carbocycles. The number of fused-ring (bicyclic) bond motifs is 1. The molecule has 1 N–H and O–H groups in total. The summed E-state index contributed by atoms with van der Waals surface area (Å²) in [7, 11) is 1.47. The fourth-order valence-corrected chi connectivity index (χ4v) is 3.78. The SMILES string of the molecule is COc1cc(C=NNC(=O)C(C)Oc2ccc3ccccc3c2)ccc1OC(=O)c1cccc(Br)c1. The van der Waals surface area contributed by atoms with Gasteiger partial charge >= 0.3 is 5.97 Å². The Kier molecular flexibility index (Phi) is 7.97. The van der Waals surface area contributed by atoms with Gasteiger partial charge in [-0.3, -0.25) is 4.79 Å². The minimum atomic E-state index is -0.752. The van der Waals surface area contributed by atoms with E-state index in [1.807, 2.05) is 48.5 Å². The molecule has 0 aliphatic carbocycles. The van der Waals surface area contributed by atoms with Gasteiger partial charge in [0.2, 0.25) is 0 Å². The predicted molar refractivity (Wildman–Crippen MR) is 142 cm³/mol. The quantitative estimate of drug-likeness (QED) is 0.132. The van der Waals surface area contributed by atoms with Crippen molar-refractivity contribution >= 4 is 44.8 Å². The zero-order chi connectivity index (χ0) is 25.5. The van der Waals surface area contributed by atoms with Crippen LogP contribution in [0.3, 0.4) is 0 Å². The van der Waals surface area contributed by atoms with Crippen LogP contribution in [0.15, 0.2) is 94.5 Å². The van der Waals surface area contributed by atoms with Crippen molar-refractivity contribution in [2.45, 2.75) is 13.0 Å². The summed E-state index contributed by atoms with van der Waals surface area (Å²) in [6.45, 7) is 1.65. The molecule has 1 amide bonds. The van der Waals surface area contributed by atoms with Gasteiger partial charge in [0.05, 0.1) is 18.9 Å². The van der Waals surface area contributed by atoms with Crippen LogP contribution in [0.4, 0.5) is 0 Å². The maximum Gasteiger partial charge on any atom is 0.343 e. The van der Waals surface area contributed by atoms with Gasteiger partial charge in [0, 0.05) is 4.47 Å². The van der Waals surface area contributed by atoms with Crippen LogP contribution >= 0.6 is 15.9 Å². The average molecular weight is 547 g/mol. The van der Waals surface area contributed by atoms with Crippen molar-refractivity contribution in [2.24, 2.45) is 5.10 Å². The van der Waals surface area contributed by atoms with E-state index >= 15 is 0 Å². The minimum absolute atomic E-state index is 0.265. The van der Waals surface area contributed by atoms with E-state index in [0.717, 1.165) is 15.2 Å². The number of hydrogen-bond donors (Lipinski definition) is 1. The van der Waals surface area contributed by atoms with Gasteiger partial charge < -0.3 is 14.2 Å². The number of carbonyl (C=O) groups excluding carboxylic acids is 2. The molecule has 8 heteroatoms. The van der Waals surface area contributed by atoms with Gasteiger partial charge in [0.25, 0.3) is 5.91 Å².